The summed E-state index contributed by atoms with van der Waals surface area (Å²) in [5, 5.41) is 0. The average Bonchev–Trinajstić information content (AvgIpc) is 1.79. The van der Waals surface area contributed by atoms with Crippen molar-refractivity contribution in [2.45, 2.75) is 0 Å². The second-order valence-electron chi connectivity index (χ2n) is 1.70. The van der Waals surface area contributed by atoms with Crippen molar-refractivity contribution in [3.8, 4) is 0 Å². The van der Waals surface area contributed by atoms with Crippen LogP contribution < -0.4 is 0 Å². The maximum atomic E-state index is 10.4. The van der Waals surface area contributed by atoms with E-state index in [1.54, 1.807) is 0 Å². The molecule has 0 aromatic carbocycles. The van der Waals surface area contributed by atoms with E-state index in [2.05, 4.69) is 11.3 Å². The fraction of sp³-hybridized carbons (Fsp3) is 0.400. The van der Waals surface area contributed by atoms with Crippen LogP contribution in [0.2, 0.25) is 0 Å². The van der Waals surface area contributed by atoms with Crippen molar-refractivity contribution in [1.29, 1.82) is 0 Å². The van der Waals surface area contributed by atoms with E-state index >= 15 is 0 Å². The van der Waals surface area contributed by atoms with Gasteiger partial charge in [0.25, 0.3) is 10.1 Å². The van der Waals surface area contributed by atoms with Crippen molar-refractivity contribution in [1.82, 2.24) is 0 Å². The summed E-state index contributed by atoms with van der Waals surface area (Å²) in [5.74, 6) is -2.01. The molecule has 5 nitrogen and oxygen atoms in total. The third-order valence-electron chi connectivity index (χ3n) is 0.662. The van der Waals surface area contributed by atoms with E-state index in [1.165, 1.54) is 6.08 Å². The van der Waals surface area contributed by atoms with Crippen LogP contribution in [-0.4, -0.2) is 60.9 Å². The van der Waals surface area contributed by atoms with E-state index in [0.29, 0.717) is 0 Å². The normalized spacial score (nSPS) is 9.75. The first-order valence-electron chi connectivity index (χ1n) is 2.67. The zero-order chi connectivity index (χ0) is 8.91. The standard InChI is InChI=1S/C5H8O5S.Na.H/c1-2-3-10-5(6)4-11(7,8)9;;/h2H,1,3-4H2,(H,7,8,9);;. The Morgan fingerprint density at radius 2 is 2.08 bits per heavy atom. The minimum atomic E-state index is -4.26. The molecule has 0 saturated heterocycles. The number of carbonyl (C=O) groups is 1. The summed E-state index contributed by atoms with van der Waals surface area (Å²) in [6, 6.07) is 0. The van der Waals surface area contributed by atoms with Gasteiger partial charge in [0.1, 0.15) is 6.61 Å². The molecule has 0 rings (SSSR count). The fourth-order valence-corrected chi connectivity index (χ4v) is 0.724. The van der Waals surface area contributed by atoms with E-state index in [4.69, 9.17) is 4.55 Å². The summed E-state index contributed by atoms with van der Waals surface area (Å²) in [4.78, 5) is 10.4. The van der Waals surface area contributed by atoms with Gasteiger partial charge in [-0.15, -0.1) is 0 Å². The number of hydrogen-bond acceptors (Lipinski definition) is 4. The van der Waals surface area contributed by atoms with Crippen LogP contribution >= 0.6 is 0 Å². The number of hydrogen-bond donors (Lipinski definition) is 1. The van der Waals surface area contributed by atoms with Gasteiger partial charge in [0.2, 0.25) is 0 Å². The average molecular weight is 204 g/mol. The minimum absolute atomic E-state index is 0. The molecule has 0 unspecified atom stereocenters. The Morgan fingerprint density at radius 1 is 1.58 bits per heavy atom. The van der Waals surface area contributed by atoms with Gasteiger partial charge in [0.05, 0.1) is 0 Å². The number of rotatable bonds is 4. The van der Waals surface area contributed by atoms with Crippen LogP contribution in [0, 0.1) is 0 Å². The van der Waals surface area contributed by atoms with Gasteiger partial charge in [-0.3, -0.25) is 9.35 Å². The Kier molecular flexibility index (Phi) is 8.07. The van der Waals surface area contributed by atoms with Crippen LogP contribution in [0.15, 0.2) is 12.7 Å². The van der Waals surface area contributed by atoms with Gasteiger partial charge in [-0.05, 0) is 0 Å². The molecule has 12 heavy (non-hydrogen) atoms. The molecule has 0 bridgehead atoms. The van der Waals surface area contributed by atoms with Crippen molar-refractivity contribution in [3.63, 3.8) is 0 Å². The first-order valence-corrected chi connectivity index (χ1v) is 4.28. The van der Waals surface area contributed by atoms with Crippen LogP contribution in [0.1, 0.15) is 0 Å². The molecule has 0 aromatic heterocycles. The van der Waals surface area contributed by atoms with Crippen LogP contribution in [-0.2, 0) is 19.6 Å². The monoisotopic (exact) mass is 204 g/mol. The predicted octanol–water partition coefficient (Wildman–Crippen LogP) is -1.05. The van der Waals surface area contributed by atoms with E-state index in [9.17, 15) is 13.2 Å². The summed E-state index contributed by atoms with van der Waals surface area (Å²) >= 11 is 0. The molecule has 0 fully saturated rings. The van der Waals surface area contributed by atoms with E-state index in [1.807, 2.05) is 0 Å². The fourth-order valence-electron chi connectivity index (χ4n) is 0.342. The zero-order valence-electron chi connectivity index (χ0n) is 5.69. The summed E-state index contributed by atoms with van der Waals surface area (Å²) < 4.78 is 32.5. The first-order chi connectivity index (χ1) is 4.95. The van der Waals surface area contributed by atoms with Crippen molar-refractivity contribution < 1.29 is 22.5 Å². The predicted molar refractivity (Wildman–Crippen MR) is 44.7 cm³/mol. The zero-order valence-corrected chi connectivity index (χ0v) is 6.50. The van der Waals surface area contributed by atoms with Crippen molar-refractivity contribution in [3.05, 3.63) is 12.7 Å². The molecular weight excluding hydrogens is 195 g/mol. The van der Waals surface area contributed by atoms with E-state index in [-0.39, 0.29) is 36.2 Å². The Hall–Kier alpha value is 0.120. The third-order valence-corrected chi connectivity index (χ3v) is 1.26. The van der Waals surface area contributed by atoms with Crippen LogP contribution in [0.3, 0.4) is 0 Å². The number of esters is 1. The van der Waals surface area contributed by atoms with Gasteiger partial charge >= 0.3 is 35.5 Å². The Morgan fingerprint density at radius 3 is 2.42 bits per heavy atom. The second kappa shape index (κ2) is 6.62. The van der Waals surface area contributed by atoms with Crippen molar-refractivity contribution >= 4 is 45.6 Å². The maximum absolute atomic E-state index is 10.4. The van der Waals surface area contributed by atoms with Crippen molar-refractivity contribution in [2.75, 3.05) is 12.4 Å². The molecule has 1 N–H and O–H groups in total. The second-order valence-corrected chi connectivity index (χ2v) is 3.15. The summed E-state index contributed by atoms with van der Waals surface area (Å²) in [6.07, 6.45) is 1.29. The SMILES string of the molecule is C=CCOC(=O)CS(=O)(=O)O.[NaH]. The molecule has 0 saturated carbocycles. The molecule has 0 aliphatic heterocycles. The molecule has 0 amide bonds. The quantitative estimate of drug-likeness (QED) is 0.273. The van der Waals surface area contributed by atoms with Crippen LogP contribution in [0.25, 0.3) is 0 Å². The summed E-state index contributed by atoms with van der Waals surface area (Å²) in [6.45, 7) is 3.18. The molecule has 0 heterocycles. The molecule has 0 spiro atoms. The van der Waals surface area contributed by atoms with Gasteiger partial charge in [-0.25, -0.2) is 0 Å². The molecule has 0 atom stereocenters. The molecule has 0 radical (unpaired) electrons. The van der Waals surface area contributed by atoms with Crippen molar-refractivity contribution in [2.24, 2.45) is 0 Å². The van der Waals surface area contributed by atoms with Gasteiger partial charge in [0, 0.05) is 0 Å². The molecule has 0 aromatic rings. The molecule has 0 aliphatic carbocycles. The third kappa shape index (κ3) is 10.1. The van der Waals surface area contributed by atoms with Crippen LogP contribution in [0.4, 0.5) is 0 Å². The topological polar surface area (TPSA) is 80.7 Å². The molecule has 7 heteroatoms. The van der Waals surface area contributed by atoms with E-state index < -0.39 is 21.8 Å². The number of ether oxygens (including phenoxy) is 1. The Balaban J connectivity index is 0. The van der Waals surface area contributed by atoms with Gasteiger partial charge < -0.3 is 4.74 Å². The van der Waals surface area contributed by atoms with Crippen LogP contribution in [0.5, 0.6) is 0 Å². The molecular formula is C5H9NaO5S. The number of carbonyl (C=O) groups excluding carboxylic acids is 1. The van der Waals surface area contributed by atoms with E-state index in [0.717, 1.165) is 0 Å². The first kappa shape index (κ1) is 14.6. The molecule has 66 valence electrons. The van der Waals surface area contributed by atoms with Gasteiger partial charge in [-0.2, -0.15) is 8.42 Å². The Labute approximate surface area is 92.8 Å². The van der Waals surface area contributed by atoms with Gasteiger partial charge in [-0.1, -0.05) is 12.7 Å². The summed E-state index contributed by atoms with van der Waals surface area (Å²) in [7, 11) is -4.26. The molecule has 0 aliphatic rings. The Bertz CT molecular complexity index is 245. The van der Waals surface area contributed by atoms with Gasteiger partial charge in [0.15, 0.2) is 5.75 Å². The summed E-state index contributed by atoms with van der Waals surface area (Å²) in [5.41, 5.74) is 0.